The molecule has 1 aromatic heterocycles. The highest BCUT2D eigenvalue weighted by Crippen LogP contribution is 2.35. The highest BCUT2D eigenvalue weighted by Gasteiger charge is 2.25. The molecule has 0 saturated carbocycles. The number of ether oxygens (including phenoxy) is 2. The van der Waals surface area contributed by atoms with Gasteiger partial charge in [0.05, 0.1) is 17.5 Å². The van der Waals surface area contributed by atoms with Crippen LogP contribution >= 0.6 is 23.1 Å². The molecular weight excluding hydrogens is 456 g/mol. The van der Waals surface area contributed by atoms with Crippen molar-refractivity contribution in [3.05, 3.63) is 70.4 Å². The molecule has 172 valence electrons. The Bertz CT molecular complexity index is 1100. The first kappa shape index (κ1) is 23.2. The second kappa shape index (κ2) is 10.8. The molecule has 1 aliphatic heterocycles. The summed E-state index contributed by atoms with van der Waals surface area (Å²) in [6.07, 6.45) is 0. The van der Waals surface area contributed by atoms with Gasteiger partial charge in [0.25, 0.3) is 0 Å². The Morgan fingerprint density at radius 1 is 1.09 bits per heavy atom. The Balaban J connectivity index is 1.44. The summed E-state index contributed by atoms with van der Waals surface area (Å²) in [5, 5.41) is 4.48. The van der Waals surface area contributed by atoms with E-state index in [1.165, 1.54) is 11.8 Å². The molecule has 0 aliphatic carbocycles. The van der Waals surface area contributed by atoms with Crippen LogP contribution in [0.3, 0.4) is 0 Å². The molecule has 1 atom stereocenters. The molecule has 2 heterocycles. The van der Waals surface area contributed by atoms with Crippen LogP contribution in [0.4, 0.5) is 11.4 Å². The predicted octanol–water partition coefficient (Wildman–Crippen LogP) is 5.12. The van der Waals surface area contributed by atoms with E-state index in [0.717, 1.165) is 21.8 Å². The number of aryl methyl sites for hydroxylation is 1. The van der Waals surface area contributed by atoms with E-state index in [1.807, 2.05) is 73.8 Å². The fraction of sp³-hybridized carbons (Fsp3) is 0.280. The van der Waals surface area contributed by atoms with Gasteiger partial charge >= 0.3 is 0 Å². The van der Waals surface area contributed by atoms with Crippen molar-refractivity contribution in [1.82, 2.24) is 0 Å². The van der Waals surface area contributed by atoms with E-state index < -0.39 is 5.25 Å². The van der Waals surface area contributed by atoms with Gasteiger partial charge in [0.1, 0.15) is 13.2 Å². The first-order valence-corrected chi connectivity index (χ1v) is 12.6. The van der Waals surface area contributed by atoms with Crippen LogP contribution < -0.4 is 19.7 Å². The molecule has 1 unspecified atom stereocenters. The normalized spacial score (nSPS) is 13.3. The topological polar surface area (TPSA) is 67.9 Å². The van der Waals surface area contributed by atoms with Gasteiger partial charge in [0.15, 0.2) is 11.5 Å². The van der Waals surface area contributed by atoms with Crippen LogP contribution in [-0.2, 0) is 16.1 Å². The fourth-order valence-electron chi connectivity index (χ4n) is 3.38. The molecule has 6 nitrogen and oxygen atoms in total. The van der Waals surface area contributed by atoms with E-state index in [0.29, 0.717) is 31.3 Å². The second-order valence-corrected chi connectivity index (χ2v) is 10.1. The number of amides is 2. The summed E-state index contributed by atoms with van der Waals surface area (Å²) in [6.45, 7) is 5.29. The van der Waals surface area contributed by atoms with Crippen molar-refractivity contribution in [2.45, 2.75) is 25.6 Å². The summed E-state index contributed by atoms with van der Waals surface area (Å²) in [5.41, 5.74) is 2.63. The lowest BCUT2D eigenvalue weighted by molar-refractivity contribution is -0.118. The number of rotatable bonds is 8. The van der Waals surface area contributed by atoms with Gasteiger partial charge in [-0.2, -0.15) is 0 Å². The Hall–Kier alpha value is -2.97. The third kappa shape index (κ3) is 6.09. The molecule has 0 spiro atoms. The van der Waals surface area contributed by atoms with E-state index >= 15 is 0 Å². The maximum Gasteiger partial charge on any atom is 0.240 e. The summed E-state index contributed by atoms with van der Waals surface area (Å²) in [5.74, 6) is 1.32. The predicted molar refractivity (Wildman–Crippen MR) is 135 cm³/mol. The van der Waals surface area contributed by atoms with Gasteiger partial charge in [-0.1, -0.05) is 23.8 Å². The molecule has 0 saturated heterocycles. The van der Waals surface area contributed by atoms with Gasteiger partial charge in [0, 0.05) is 22.3 Å². The number of benzene rings is 2. The Morgan fingerprint density at radius 2 is 1.85 bits per heavy atom. The zero-order valence-corrected chi connectivity index (χ0v) is 20.2. The number of anilines is 2. The maximum absolute atomic E-state index is 13.5. The minimum Gasteiger partial charge on any atom is -0.486 e. The van der Waals surface area contributed by atoms with Crippen molar-refractivity contribution < 1.29 is 19.1 Å². The summed E-state index contributed by atoms with van der Waals surface area (Å²) in [4.78, 5) is 28.7. The third-order valence-electron chi connectivity index (χ3n) is 5.15. The number of fused-ring (bicyclic) bond motifs is 1. The highest BCUT2D eigenvalue weighted by molar-refractivity contribution is 8.01. The lowest BCUT2D eigenvalue weighted by Gasteiger charge is -2.27. The van der Waals surface area contributed by atoms with Crippen LogP contribution in [0, 0.1) is 6.92 Å². The smallest absolute Gasteiger partial charge is 0.240 e. The van der Waals surface area contributed by atoms with E-state index in [4.69, 9.17) is 9.47 Å². The minimum atomic E-state index is -0.401. The first-order valence-electron chi connectivity index (χ1n) is 10.7. The molecule has 1 N–H and O–H groups in total. The van der Waals surface area contributed by atoms with Gasteiger partial charge in [-0.25, -0.2) is 0 Å². The molecular formula is C25H26N2O4S2. The molecule has 0 fully saturated rings. The molecule has 0 radical (unpaired) electrons. The highest BCUT2D eigenvalue weighted by atomic mass is 32.2. The van der Waals surface area contributed by atoms with Gasteiger partial charge in [-0.15, -0.1) is 23.1 Å². The largest absolute Gasteiger partial charge is 0.486 e. The number of carbonyl (C=O) groups excluding carboxylic acids is 2. The third-order valence-corrected chi connectivity index (χ3v) is 7.14. The monoisotopic (exact) mass is 482 g/mol. The summed E-state index contributed by atoms with van der Waals surface area (Å²) in [6, 6.07) is 17.2. The number of carbonyl (C=O) groups is 2. The van der Waals surface area contributed by atoms with Crippen molar-refractivity contribution in [3.8, 4) is 11.5 Å². The second-order valence-electron chi connectivity index (χ2n) is 7.70. The van der Waals surface area contributed by atoms with Crippen LogP contribution in [0.15, 0.2) is 60.0 Å². The zero-order valence-electron chi connectivity index (χ0n) is 18.6. The first-order chi connectivity index (χ1) is 16.0. The summed E-state index contributed by atoms with van der Waals surface area (Å²) < 4.78 is 11.3. The summed E-state index contributed by atoms with van der Waals surface area (Å²) in [7, 11) is 0. The molecule has 3 aromatic rings. The number of hydrogen-bond acceptors (Lipinski definition) is 6. The molecule has 2 aromatic carbocycles. The number of thioether (sulfide) groups is 1. The molecule has 2 amide bonds. The van der Waals surface area contributed by atoms with E-state index in [2.05, 4.69) is 5.32 Å². The van der Waals surface area contributed by atoms with Crippen LogP contribution in [-0.4, -0.2) is 36.0 Å². The van der Waals surface area contributed by atoms with Crippen LogP contribution in [0.5, 0.6) is 11.5 Å². The molecule has 33 heavy (non-hydrogen) atoms. The SMILES string of the molecule is Cc1ccc(NC(=O)CSC(C)C(=O)N(Cc2cccs2)c2ccc3c(c2)OCCO3)cc1. The molecule has 8 heteroatoms. The van der Waals surface area contributed by atoms with Crippen LogP contribution in [0.25, 0.3) is 0 Å². The number of hydrogen-bond donors (Lipinski definition) is 1. The van der Waals surface area contributed by atoms with Crippen molar-refractivity contribution in [3.63, 3.8) is 0 Å². The maximum atomic E-state index is 13.5. The van der Waals surface area contributed by atoms with Crippen molar-refractivity contribution in [2.75, 3.05) is 29.2 Å². The van der Waals surface area contributed by atoms with Crippen LogP contribution in [0.1, 0.15) is 17.4 Å². The fourth-order valence-corrected chi connectivity index (χ4v) is 4.82. The van der Waals surface area contributed by atoms with E-state index in [9.17, 15) is 9.59 Å². The standard InChI is InChI=1S/C25H26N2O4S2/c1-17-5-7-19(8-6-17)26-24(28)16-33-18(2)25(29)27(15-21-4-3-13-32-21)20-9-10-22-23(14-20)31-12-11-30-22/h3-10,13-14,18H,11-12,15-16H2,1-2H3,(H,26,28). The Kier molecular flexibility index (Phi) is 7.57. The number of thiophene rings is 1. The Morgan fingerprint density at radius 3 is 2.58 bits per heavy atom. The average molecular weight is 483 g/mol. The Labute approximate surface area is 201 Å². The van der Waals surface area contributed by atoms with Gasteiger partial charge in [-0.05, 0) is 49.6 Å². The molecule has 0 bridgehead atoms. The molecule has 1 aliphatic rings. The zero-order chi connectivity index (χ0) is 23.2. The van der Waals surface area contributed by atoms with Gasteiger partial charge in [-0.3, -0.25) is 9.59 Å². The van der Waals surface area contributed by atoms with Crippen molar-refractivity contribution >= 4 is 46.3 Å². The van der Waals surface area contributed by atoms with E-state index in [-0.39, 0.29) is 17.6 Å². The lowest BCUT2D eigenvalue weighted by atomic mass is 10.2. The van der Waals surface area contributed by atoms with Gasteiger partial charge < -0.3 is 19.7 Å². The molecule has 4 rings (SSSR count). The average Bonchev–Trinajstić information content (AvgIpc) is 3.35. The van der Waals surface area contributed by atoms with Crippen molar-refractivity contribution in [2.24, 2.45) is 0 Å². The lowest BCUT2D eigenvalue weighted by Crippen LogP contribution is -2.36. The van der Waals surface area contributed by atoms with Crippen LogP contribution in [0.2, 0.25) is 0 Å². The summed E-state index contributed by atoms with van der Waals surface area (Å²) >= 11 is 2.93. The minimum absolute atomic E-state index is 0.0618. The number of nitrogens with one attached hydrogen (secondary N) is 1. The van der Waals surface area contributed by atoms with E-state index in [1.54, 1.807) is 16.2 Å². The van der Waals surface area contributed by atoms with Gasteiger partial charge in [0.2, 0.25) is 11.8 Å². The van der Waals surface area contributed by atoms with Crippen molar-refractivity contribution in [1.29, 1.82) is 0 Å². The quantitative estimate of drug-likeness (QED) is 0.483. The number of nitrogens with zero attached hydrogens (tertiary/aromatic N) is 1.